The first-order chi connectivity index (χ1) is 11.4. The molecule has 0 saturated heterocycles. The van der Waals surface area contributed by atoms with E-state index >= 15 is 0 Å². The molecule has 2 aromatic rings. The van der Waals surface area contributed by atoms with Crippen LogP contribution in [0.1, 0.15) is 23.7 Å². The second-order valence-corrected chi connectivity index (χ2v) is 8.23. The zero-order valence-electron chi connectivity index (χ0n) is 12.9. The summed E-state index contributed by atoms with van der Waals surface area (Å²) in [5.74, 6) is 0. The lowest BCUT2D eigenvalue weighted by Gasteiger charge is -2.34. The van der Waals surface area contributed by atoms with Crippen LogP contribution in [0.5, 0.6) is 0 Å². The summed E-state index contributed by atoms with van der Waals surface area (Å²) < 4.78 is 3.54. The number of aromatic nitrogens is 1. The van der Waals surface area contributed by atoms with E-state index in [4.69, 9.17) is 39.5 Å². The summed E-state index contributed by atoms with van der Waals surface area (Å²) in [6.07, 6.45) is 2.66. The maximum atomic E-state index is 12.4. The topological polar surface area (TPSA) is 45.3 Å². The number of carbonyl (C=O) groups excluding carboxylic acids is 1. The van der Waals surface area contributed by atoms with Crippen LogP contribution in [-0.2, 0) is 11.2 Å². The van der Waals surface area contributed by atoms with Gasteiger partial charge >= 0.3 is 6.09 Å². The van der Waals surface area contributed by atoms with E-state index in [1.54, 1.807) is 11.0 Å². The number of hydrogen-bond donors (Lipinski definition) is 1. The SMILES string of the molecule is C=CC[C@H]1c2[nH]c3ccccc3c2CCN1C(=O)OCC(Cl)(Cl)Cl. The highest BCUT2D eigenvalue weighted by atomic mass is 35.6. The van der Waals surface area contributed by atoms with Crippen molar-refractivity contribution in [2.75, 3.05) is 13.2 Å². The number of benzene rings is 1. The highest BCUT2D eigenvalue weighted by Crippen LogP contribution is 2.37. The van der Waals surface area contributed by atoms with Crippen LogP contribution in [0.4, 0.5) is 4.79 Å². The summed E-state index contributed by atoms with van der Waals surface area (Å²) in [5, 5.41) is 1.19. The third-order valence-electron chi connectivity index (χ3n) is 4.14. The van der Waals surface area contributed by atoms with Crippen LogP contribution in [0.25, 0.3) is 10.9 Å². The Bertz CT molecular complexity index is 767. The highest BCUT2D eigenvalue weighted by molar-refractivity contribution is 6.67. The Morgan fingerprint density at radius 3 is 2.88 bits per heavy atom. The Morgan fingerprint density at radius 2 is 2.17 bits per heavy atom. The highest BCUT2D eigenvalue weighted by Gasteiger charge is 2.34. The zero-order chi connectivity index (χ0) is 17.3. The smallest absolute Gasteiger partial charge is 0.410 e. The van der Waals surface area contributed by atoms with Crippen LogP contribution in [0.2, 0.25) is 0 Å². The molecule has 2 heterocycles. The number of fused-ring (bicyclic) bond motifs is 3. The average molecular weight is 388 g/mol. The van der Waals surface area contributed by atoms with Crippen LogP contribution in [0, 0.1) is 0 Å². The van der Waals surface area contributed by atoms with E-state index in [0.717, 1.165) is 17.6 Å². The fourth-order valence-electron chi connectivity index (χ4n) is 3.17. The largest absolute Gasteiger partial charge is 0.445 e. The standard InChI is InChI=1S/C17H17Cl3N2O2/c1-2-5-14-15-12(11-6-3-4-7-13(11)21-15)8-9-22(14)16(23)24-10-17(18,19)20/h2-4,6-7,14,21H,1,5,8-10H2/t14-/m0/s1. The number of alkyl halides is 3. The maximum Gasteiger partial charge on any atom is 0.410 e. The van der Waals surface area contributed by atoms with E-state index in [1.165, 1.54) is 10.9 Å². The van der Waals surface area contributed by atoms with Gasteiger partial charge in [-0.2, -0.15) is 0 Å². The van der Waals surface area contributed by atoms with Crippen molar-refractivity contribution in [2.24, 2.45) is 0 Å². The van der Waals surface area contributed by atoms with Gasteiger partial charge < -0.3 is 9.72 Å². The molecule has 0 bridgehead atoms. The Balaban J connectivity index is 1.90. The molecular weight excluding hydrogens is 371 g/mol. The predicted octanol–water partition coefficient (Wildman–Crippen LogP) is 5.15. The first-order valence-electron chi connectivity index (χ1n) is 7.61. The van der Waals surface area contributed by atoms with Gasteiger partial charge in [0.2, 0.25) is 3.79 Å². The summed E-state index contributed by atoms with van der Waals surface area (Å²) in [7, 11) is 0. The number of amides is 1. The van der Waals surface area contributed by atoms with E-state index in [1.807, 2.05) is 18.2 Å². The zero-order valence-corrected chi connectivity index (χ0v) is 15.2. The summed E-state index contributed by atoms with van der Waals surface area (Å²) in [4.78, 5) is 17.5. The van der Waals surface area contributed by atoms with Gasteiger partial charge in [0.25, 0.3) is 0 Å². The van der Waals surface area contributed by atoms with E-state index in [-0.39, 0.29) is 12.6 Å². The quantitative estimate of drug-likeness (QED) is 0.585. The lowest BCUT2D eigenvalue weighted by molar-refractivity contribution is 0.0836. The first kappa shape index (κ1) is 17.5. The Morgan fingerprint density at radius 1 is 1.42 bits per heavy atom. The Hall–Kier alpha value is -1.36. The third kappa shape index (κ3) is 3.51. The number of halogens is 3. The van der Waals surface area contributed by atoms with Crippen molar-refractivity contribution in [1.82, 2.24) is 9.88 Å². The second-order valence-electron chi connectivity index (χ2n) is 5.72. The average Bonchev–Trinajstić information content (AvgIpc) is 2.91. The van der Waals surface area contributed by atoms with Crippen molar-refractivity contribution in [3.63, 3.8) is 0 Å². The van der Waals surface area contributed by atoms with Crippen LogP contribution in [0.3, 0.4) is 0 Å². The molecule has 4 nitrogen and oxygen atoms in total. The number of para-hydroxylation sites is 1. The maximum absolute atomic E-state index is 12.4. The molecule has 1 aromatic carbocycles. The summed E-state index contributed by atoms with van der Waals surface area (Å²) in [5.41, 5.74) is 3.32. The number of ether oxygens (including phenoxy) is 1. The molecule has 1 aromatic heterocycles. The van der Waals surface area contributed by atoms with E-state index in [0.29, 0.717) is 13.0 Å². The molecule has 0 aliphatic carbocycles. The Kier molecular flexibility index (Phi) is 5.00. The van der Waals surface area contributed by atoms with Gasteiger partial charge in [-0.3, -0.25) is 4.90 Å². The summed E-state index contributed by atoms with van der Waals surface area (Å²) in [6, 6.07) is 7.96. The number of rotatable bonds is 3. The molecule has 1 aliphatic rings. The molecule has 0 saturated carbocycles. The molecule has 1 aliphatic heterocycles. The van der Waals surface area contributed by atoms with Gasteiger partial charge in [0, 0.05) is 23.1 Å². The number of carbonyl (C=O) groups is 1. The van der Waals surface area contributed by atoms with Crippen molar-refractivity contribution < 1.29 is 9.53 Å². The summed E-state index contributed by atoms with van der Waals surface area (Å²) in [6.45, 7) is 4.07. The van der Waals surface area contributed by atoms with Gasteiger partial charge in [-0.1, -0.05) is 59.1 Å². The van der Waals surface area contributed by atoms with Gasteiger partial charge in [-0.05, 0) is 24.5 Å². The van der Waals surface area contributed by atoms with Crippen LogP contribution in [0.15, 0.2) is 36.9 Å². The fraction of sp³-hybridized carbons (Fsp3) is 0.353. The molecule has 1 N–H and O–H groups in total. The van der Waals surface area contributed by atoms with Gasteiger partial charge in [0.15, 0.2) is 0 Å². The molecule has 128 valence electrons. The van der Waals surface area contributed by atoms with E-state index < -0.39 is 9.89 Å². The van der Waals surface area contributed by atoms with Crippen LogP contribution in [-0.4, -0.2) is 32.9 Å². The minimum Gasteiger partial charge on any atom is -0.445 e. The third-order valence-corrected chi connectivity index (χ3v) is 4.47. The molecule has 1 amide bonds. The lowest BCUT2D eigenvalue weighted by atomic mass is 9.96. The van der Waals surface area contributed by atoms with Crippen LogP contribution < -0.4 is 0 Å². The predicted molar refractivity (Wildman–Crippen MR) is 97.9 cm³/mol. The molecule has 0 fully saturated rings. The van der Waals surface area contributed by atoms with Crippen molar-refractivity contribution in [3.05, 3.63) is 48.2 Å². The Labute approximate surface area is 155 Å². The molecule has 7 heteroatoms. The van der Waals surface area contributed by atoms with Crippen molar-refractivity contribution in [3.8, 4) is 0 Å². The van der Waals surface area contributed by atoms with Crippen molar-refractivity contribution in [2.45, 2.75) is 22.7 Å². The molecule has 0 spiro atoms. The van der Waals surface area contributed by atoms with E-state index in [9.17, 15) is 4.79 Å². The molecule has 3 rings (SSSR count). The minimum atomic E-state index is -1.62. The number of hydrogen-bond acceptors (Lipinski definition) is 2. The lowest BCUT2D eigenvalue weighted by Crippen LogP contribution is -2.41. The second kappa shape index (κ2) is 6.87. The molecule has 1 atom stereocenters. The van der Waals surface area contributed by atoms with Crippen molar-refractivity contribution >= 4 is 51.8 Å². The van der Waals surface area contributed by atoms with Gasteiger partial charge in [-0.15, -0.1) is 6.58 Å². The minimum absolute atomic E-state index is 0.165. The molecule has 0 unspecified atom stereocenters. The monoisotopic (exact) mass is 386 g/mol. The van der Waals surface area contributed by atoms with Gasteiger partial charge in [0.05, 0.1) is 6.04 Å². The molecule has 0 radical (unpaired) electrons. The number of aromatic amines is 1. The number of nitrogens with zero attached hydrogens (tertiary/aromatic N) is 1. The number of H-pyrrole nitrogens is 1. The van der Waals surface area contributed by atoms with E-state index in [2.05, 4.69) is 17.6 Å². The fourth-order valence-corrected chi connectivity index (χ4v) is 3.33. The van der Waals surface area contributed by atoms with Gasteiger partial charge in [-0.25, -0.2) is 4.79 Å². The van der Waals surface area contributed by atoms with Crippen molar-refractivity contribution in [1.29, 1.82) is 0 Å². The van der Waals surface area contributed by atoms with Gasteiger partial charge in [0.1, 0.15) is 6.61 Å². The molecule has 24 heavy (non-hydrogen) atoms. The molecular formula is C17H17Cl3N2O2. The van der Waals surface area contributed by atoms with Crippen LogP contribution >= 0.6 is 34.8 Å². The normalized spacial score (nSPS) is 17.6. The first-order valence-corrected chi connectivity index (χ1v) is 8.74. The summed E-state index contributed by atoms with van der Waals surface area (Å²) >= 11 is 17.0. The number of nitrogens with one attached hydrogen (secondary N) is 1.